The van der Waals surface area contributed by atoms with Crippen LogP contribution in [-0.4, -0.2) is 21.2 Å². The van der Waals surface area contributed by atoms with Gasteiger partial charge in [-0.2, -0.15) is 0 Å². The van der Waals surface area contributed by atoms with E-state index < -0.39 is 4.92 Å². The molecule has 0 radical (unpaired) electrons. The van der Waals surface area contributed by atoms with E-state index in [1.165, 1.54) is 34.8 Å². The van der Waals surface area contributed by atoms with Crippen molar-refractivity contribution < 1.29 is 9.72 Å². The number of aromatic nitrogens is 1. The lowest BCUT2D eigenvalue weighted by atomic mass is 10.1. The summed E-state index contributed by atoms with van der Waals surface area (Å²) in [5, 5.41) is 16.0. The first kappa shape index (κ1) is 20.0. The van der Waals surface area contributed by atoms with Crippen LogP contribution in [0.3, 0.4) is 0 Å². The summed E-state index contributed by atoms with van der Waals surface area (Å²) in [7, 11) is 0. The van der Waals surface area contributed by atoms with Crippen LogP contribution in [0.1, 0.15) is 12.5 Å². The van der Waals surface area contributed by atoms with Crippen LogP contribution in [0.4, 0.5) is 11.4 Å². The minimum absolute atomic E-state index is 0.0690. The van der Waals surface area contributed by atoms with Gasteiger partial charge in [0.05, 0.1) is 10.7 Å². The Kier molecular flexibility index (Phi) is 5.72. The van der Waals surface area contributed by atoms with Gasteiger partial charge in [0.15, 0.2) is 0 Å². The number of hydrogen-bond acceptors (Lipinski definition) is 4. The highest BCUT2D eigenvalue weighted by Gasteiger charge is 2.11. The Bertz CT molecular complexity index is 1230. The monoisotopic (exact) mass is 419 g/mol. The molecular weight excluding hydrogens is 398 g/mol. The number of carbonyl (C=O) groups is 1. The van der Waals surface area contributed by atoms with Gasteiger partial charge >= 0.3 is 0 Å². The summed E-state index contributed by atoms with van der Waals surface area (Å²) < 4.78 is 2.27. The fourth-order valence-electron chi connectivity index (χ4n) is 3.64. The second kappa shape index (κ2) is 8.59. The van der Waals surface area contributed by atoms with Crippen molar-refractivity contribution in [2.24, 2.45) is 0 Å². The molecule has 0 aliphatic heterocycles. The summed E-state index contributed by atoms with van der Waals surface area (Å²) in [5.41, 5.74) is 4.15. The SMILES string of the molecule is CCn1c2ccccc2c2cc(NC(=O)CSCc3ccc([N+](=O)[O-])cc3)ccc21. The van der Waals surface area contributed by atoms with Crippen molar-refractivity contribution in [1.82, 2.24) is 4.57 Å². The molecule has 0 spiro atoms. The van der Waals surface area contributed by atoms with Gasteiger partial charge in [-0.05, 0) is 36.8 Å². The molecule has 1 amide bonds. The zero-order valence-corrected chi connectivity index (χ0v) is 17.3. The third-order valence-electron chi connectivity index (χ3n) is 5.02. The van der Waals surface area contributed by atoms with Crippen molar-refractivity contribution in [2.75, 3.05) is 11.1 Å². The molecule has 4 rings (SSSR count). The number of fused-ring (bicyclic) bond motifs is 3. The number of anilines is 1. The molecule has 0 fully saturated rings. The highest BCUT2D eigenvalue weighted by Crippen LogP contribution is 2.31. The smallest absolute Gasteiger partial charge is 0.269 e. The van der Waals surface area contributed by atoms with Crippen LogP contribution < -0.4 is 5.32 Å². The Morgan fingerprint density at radius 2 is 1.77 bits per heavy atom. The lowest BCUT2D eigenvalue weighted by Gasteiger charge is -2.07. The van der Waals surface area contributed by atoms with Crippen molar-refractivity contribution in [2.45, 2.75) is 19.2 Å². The van der Waals surface area contributed by atoms with Crippen LogP contribution in [0, 0.1) is 10.1 Å². The predicted octanol–water partition coefficient (Wildman–Crippen LogP) is 5.59. The van der Waals surface area contributed by atoms with Gasteiger partial charge in [-0.3, -0.25) is 14.9 Å². The van der Waals surface area contributed by atoms with Crippen LogP contribution in [-0.2, 0) is 17.1 Å². The second-order valence-corrected chi connectivity index (χ2v) is 7.94. The number of non-ortho nitro benzene ring substituents is 1. The molecule has 0 aliphatic carbocycles. The quantitative estimate of drug-likeness (QED) is 0.313. The second-order valence-electron chi connectivity index (χ2n) is 6.96. The summed E-state index contributed by atoms with van der Waals surface area (Å²) in [5.74, 6) is 0.862. The van der Waals surface area contributed by atoms with Crippen molar-refractivity contribution in [3.05, 3.63) is 82.4 Å². The standard InChI is InChI=1S/C23H21N3O3S/c1-2-25-21-6-4-3-5-19(21)20-13-17(9-12-22(20)25)24-23(27)15-30-14-16-7-10-18(11-8-16)26(28)29/h3-13H,2,14-15H2,1H3,(H,24,27). The molecule has 0 aliphatic rings. The van der Waals surface area contributed by atoms with E-state index in [4.69, 9.17) is 0 Å². The molecule has 4 aromatic rings. The minimum atomic E-state index is -0.418. The van der Waals surface area contributed by atoms with Crippen molar-refractivity contribution in [3.8, 4) is 0 Å². The Morgan fingerprint density at radius 3 is 2.50 bits per heavy atom. The van der Waals surface area contributed by atoms with Crippen molar-refractivity contribution >= 4 is 50.8 Å². The summed E-state index contributed by atoms with van der Waals surface area (Å²) in [6.45, 7) is 3.01. The zero-order chi connectivity index (χ0) is 21.1. The van der Waals surface area contributed by atoms with Crippen molar-refractivity contribution in [1.29, 1.82) is 0 Å². The van der Waals surface area contributed by atoms with E-state index >= 15 is 0 Å². The van der Waals surface area contributed by atoms with Crippen LogP contribution in [0.25, 0.3) is 21.8 Å². The Balaban J connectivity index is 1.42. The topological polar surface area (TPSA) is 77.2 Å². The molecule has 1 heterocycles. The lowest BCUT2D eigenvalue weighted by molar-refractivity contribution is -0.384. The summed E-state index contributed by atoms with van der Waals surface area (Å²) in [6.07, 6.45) is 0. The number of nitrogens with one attached hydrogen (secondary N) is 1. The summed E-state index contributed by atoms with van der Waals surface area (Å²) in [4.78, 5) is 22.7. The molecule has 3 aromatic carbocycles. The largest absolute Gasteiger partial charge is 0.341 e. The van der Waals surface area contributed by atoms with Gasteiger partial charge in [0, 0.05) is 51.9 Å². The van der Waals surface area contributed by atoms with E-state index in [1.54, 1.807) is 12.1 Å². The lowest BCUT2D eigenvalue weighted by Crippen LogP contribution is -2.14. The normalized spacial score (nSPS) is 11.1. The van der Waals surface area contributed by atoms with Gasteiger partial charge in [0.2, 0.25) is 5.91 Å². The number of aryl methyl sites for hydroxylation is 1. The van der Waals surface area contributed by atoms with Gasteiger partial charge in [-0.1, -0.05) is 30.3 Å². The highest BCUT2D eigenvalue weighted by molar-refractivity contribution is 7.99. The number of nitrogens with zero attached hydrogens (tertiary/aromatic N) is 2. The van der Waals surface area contributed by atoms with Gasteiger partial charge in [-0.15, -0.1) is 11.8 Å². The molecule has 0 saturated heterocycles. The van der Waals surface area contributed by atoms with E-state index in [-0.39, 0.29) is 11.6 Å². The highest BCUT2D eigenvalue weighted by atomic mass is 32.2. The molecule has 0 saturated carbocycles. The van der Waals surface area contributed by atoms with E-state index in [0.29, 0.717) is 11.5 Å². The summed E-state index contributed by atoms with van der Waals surface area (Å²) in [6, 6.07) is 20.7. The Labute approximate surface area is 178 Å². The van der Waals surface area contributed by atoms with E-state index in [0.717, 1.165) is 28.7 Å². The fourth-order valence-corrected chi connectivity index (χ4v) is 4.43. The van der Waals surface area contributed by atoms with Gasteiger partial charge in [0.1, 0.15) is 0 Å². The molecule has 0 bridgehead atoms. The molecule has 30 heavy (non-hydrogen) atoms. The molecule has 0 atom stereocenters. The maximum atomic E-state index is 12.4. The number of nitro groups is 1. The average Bonchev–Trinajstić information content (AvgIpc) is 3.07. The zero-order valence-electron chi connectivity index (χ0n) is 16.5. The molecule has 1 aromatic heterocycles. The molecule has 6 nitrogen and oxygen atoms in total. The third kappa shape index (κ3) is 4.02. The van der Waals surface area contributed by atoms with E-state index in [1.807, 2.05) is 24.3 Å². The first-order chi connectivity index (χ1) is 14.6. The first-order valence-electron chi connectivity index (χ1n) is 9.68. The van der Waals surface area contributed by atoms with Crippen molar-refractivity contribution in [3.63, 3.8) is 0 Å². The summed E-state index contributed by atoms with van der Waals surface area (Å²) >= 11 is 1.48. The van der Waals surface area contributed by atoms with Gasteiger partial charge in [0.25, 0.3) is 5.69 Å². The number of benzene rings is 3. The number of hydrogen-bond donors (Lipinski definition) is 1. The molecular formula is C23H21N3O3S. The van der Waals surface area contributed by atoms with Crippen LogP contribution in [0.5, 0.6) is 0 Å². The average molecular weight is 420 g/mol. The number of thioether (sulfide) groups is 1. The fraction of sp³-hybridized carbons (Fsp3) is 0.174. The van der Waals surface area contributed by atoms with Crippen LogP contribution >= 0.6 is 11.8 Å². The van der Waals surface area contributed by atoms with Crippen LogP contribution in [0.2, 0.25) is 0 Å². The molecule has 152 valence electrons. The number of amides is 1. The number of rotatable bonds is 7. The van der Waals surface area contributed by atoms with E-state index in [9.17, 15) is 14.9 Å². The molecule has 1 N–H and O–H groups in total. The Morgan fingerprint density at radius 1 is 1.03 bits per heavy atom. The number of carbonyl (C=O) groups excluding carboxylic acids is 1. The van der Waals surface area contributed by atoms with E-state index in [2.05, 4.69) is 35.0 Å². The number of para-hydroxylation sites is 1. The third-order valence-corrected chi connectivity index (χ3v) is 6.03. The molecule has 0 unspecified atom stereocenters. The maximum absolute atomic E-state index is 12.4. The van der Waals surface area contributed by atoms with Gasteiger partial charge < -0.3 is 9.88 Å². The number of nitro benzene ring substituents is 1. The Hall–Kier alpha value is -3.32. The van der Waals surface area contributed by atoms with Crippen LogP contribution in [0.15, 0.2) is 66.7 Å². The first-order valence-corrected chi connectivity index (χ1v) is 10.8. The predicted molar refractivity (Wildman–Crippen MR) is 123 cm³/mol. The minimum Gasteiger partial charge on any atom is -0.341 e. The molecule has 7 heteroatoms. The van der Waals surface area contributed by atoms with Gasteiger partial charge in [-0.25, -0.2) is 0 Å². The maximum Gasteiger partial charge on any atom is 0.269 e.